The summed E-state index contributed by atoms with van der Waals surface area (Å²) in [6.07, 6.45) is 0. The molecule has 1 radical (unpaired) electrons. The molecule has 0 bridgehead atoms. The average molecular weight is 202 g/mol. The monoisotopic (exact) mass is 201 g/mol. The summed E-state index contributed by atoms with van der Waals surface area (Å²) in [7, 11) is 0. The molecule has 0 aliphatic carbocycles. The fourth-order valence-electron chi connectivity index (χ4n) is 0. The normalized spacial score (nSPS) is 0. The number of rotatable bonds is 0. The van der Waals surface area contributed by atoms with Gasteiger partial charge >= 0.3 is 23.1 Å². The fraction of sp³-hybridized carbons (Fsp3) is 0. The summed E-state index contributed by atoms with van der Waals surface area (Å²) in [5.41, 5.74) is 0. The molecule has 0 atom stereocenters. The van der Waals surface area contributed by atoms with Crippen LogP contribution >= 0.6 is 0 Å². The van der Waals surface area contributed by atoms with Crippen LogP contribution in [0.3, 0.4) is 0 Å². The van der Waals surface area contributed by atoms with Gasteiger partial charge in [0, 0.05) is 53.6 Å². The third kappa shape index (κ3) is 8.83. The molecule has 0 saturated heterocycles. The maximum absolute atomic E-state index is 0. The van der Waals surface area contributed by atoms with E-state index in [0.717, 1.165) is 0 Å². The van der Waals surface area contributed by atoms with Crippen LogP contribution in [0.1, 0.15) is 2.85 Å². The predicted octanol–water partition coefficient (Wildman–Crippen LogP) is -0.163. The van der Waals surface area contributed by atoms with Gasteiger partial charge in [-0.2, -0.15) is 0 Å². The molecular weight excluding hydrogens is 200 g/mol. The Morgan fingerprint density at radius 2 is 1.25 bits per heavy atom. The van der Waals surface area contributed by atoms with E-state index in [4.69, 9.17) is 0 Å². The second-order valence-electron chi connectivity index (χ2n) is 0. The smallest absolute Gasteiger partial charge is 1.00 e. The molecule has 0 fully saturated rings. The Morgan fingerprint density at radius 3 is 1.25 bits per heavy atom. The van der Waals surface area contributed by atoms with Gasteiger partial charge in [-0.15, -0.1) is 0 Å². The van der Waals surface area contributed by atoms with E-state index in [-0.39, 0.29) is 79.5 Å². The van der Waals surface area contributed by atoms with Gasteiger partial charge in [-0.1, -0.05) is 0 Å². The van der Waals surface area contributed by atoms with Gasteiger partial charge in [-0.25, -0.2) is 0 Å². The van der Waals surface area contributed by atoms with Crippen molar-refractivity contribution in [3.05, 3.63) is 0 Å². The van der Waals surface area contributed by atoms with Crippen LogP contribution in [0.15, 0.2) is 0 Å². The topological polar surface area (TPSA) is 0 Å². The molecule has 0 aliphatic rings. The zero-order valence-corrected chi connectivity index (χ0v) is 8.81. The minimum absolute atomic E-state index is 0. The van der Waals surface area contributed by atoms with Crippen molar-refractivity contribution >= 4 is 23.1 Å². The first-order valence-corrected chi connectivity index (χ1v) is 0. The van der Waals surface area contributed by atoms with Gasteiger partial charge in [0.05, 0.1) is 0 Å². The standard InChI is InChI=1S/Fe.Mg.Mn.Zn.2H/q;+2;;;2*-1. The Hall–Kier alpha value is 2.43. The summed E-state index contributed by atoms with van der Waals surface area (Å²) in [6, 6.07) is 0. The number of hydrogen-bond donors (Lipinski definition) is 0. The summed E-state index contributed by atoms with van der Waals surface area (Å²) in [5, 5.41) is 0. The van der Waals surface area contributed by atoms with Crippen molar-refractivity contribution in [3.63, 3.8) is 0 Å². The van der Waals surface area contributed by atoms with Crippen molar-refractivity contribution < 1.29 is 56.5 Å². The quantitative estimate of drug-likeness (QED) is 0.479. The van der Waals surface area contributed by atoms with Crippen molar-refractivity contribution in [1.29, 1.82) is 0 Å². The summed E-state index contributed by atoms with van der Waals surface area (Å²) in [4.78, 5) is 0. The molecule has 0 aromatic carbocycles. The van der Waals surface area contributed by atoms with Crippen LogP contribution in [-0.4, -0.2) is 23.1 Å². The zero-order valence-electron chi connectivity index (χ0n) is 4.15. The second kappa shape index (κ2) is 18.1. The number of hydrogen-bond acceptors (Lipinski definition) is 0. The third-order valence-electron chi connectivity index (χ3n) is 0. The molecule has 21 valence electrons. The molecule has 0 aromatic rings. The van der Waals surface area contributed by atoms with Gasteiger partial charge in [0.2, 0.25) is 0 Å². The molecule has 0 N–H and O–H groups in total. The minimum Gasteiger partial charge on any atom is -1.00 e. The fourth-order valence-corrected chi connectivity index (χ4v) is 0. The van der Waals surface area contributed by atoms with Gasteiger partial charge in [0.1, 0.15) is 0 Å². The summed E-state index contributed by atoms with van der Waals surface area (Å²) in [6.45, 7) is 0. The van der Waals surface area contributed by atoms with Crippen LogP contribution in [0, 0.1) is 0 Å². The van der Waals surface area contributed by atoms with Gasteiger partial charge in [0.25, 0.3) is 0 Å². The van der Waals surface area contributed by atoms with E-state index in [0.29, 0.717) is 0 Å². The predicted molar refractivity (Wildman–Crippen MR) is 7.98 cm³/mol. The van der Waals surface area contributed by atoms with E-state index < -0.39 is 0 Å². The maximum Gasteiger partial charge on any atom is 2.00 e. The maximum atomic E-state index is 0. The van der Waals surface area contributed by atoms with Crippen LogP contribution in [0.25, 0.3) is 0 Å². The van der Waals surface area contributed by atoms with E-state index in [9.17, 15) is 0 Å². The molecule has 4 heavy (non-hydrogen) atoms. The van der Waals surface area contributed by atoms with Crippen molar-refractivity contribution in [3.8, 4) is 0 Å². The summed E-state index contributed by atoms with van der Waals surface area (Å²) >= 11 is 0. The minimum atomic E-state index is 0. The van der Waals surface area contributed by atoms with E-state index in [1.807, 2.05) is 0 Å². The van der Waals surface area contributed by atoms with Crippen molar-refractivity contribution in [2.24, 2.45) is 0 Å². The van der Waals surface area contributed by atoms with Crippen molar-refractivity contribution in [1.82, 2.24) is 0 Å². The Kier molecular flexibility index (Phi) is 145. The Morgan fingerprint density at radius 1 is 1.25 bits per heavy atom. The molecule has 0 amide bonds. The van der Waals surface area contributed by atoms with E-state index in [1.165, 1.54) is 0 Å². The first-order chi connectivity index (χ1) is 0. The van der Waals surface area contributed by atoms with E-state index >= 15 is 0 Å². The molecule has 0 rings (SSSR count). The molecule has 0 aromatic heterocycles. The van der Waals surface area contributed by atoms with Crippen molar-refractivity contribution in [2.45, 2.75) is 0 Å². The molecule has 0 aliphatic heterocycles. The Balaban J connectivity index is 0. The zero-order chi connectivity index (χ0) is 0. The molecule has 0 spiro atoms. The molecule has 0 saturated carbocycles. The van der Waals surface area contributed by atoms with Crippen LogP contribution in [0.4, 0.5) is 0 Å². The Labute approximate surface area is 78.7 Å². The van der Waals surface area contributed by atoms with E-state index in [2.05, 4.69) is 0 Å². The molecule has 0 heterocycles. The summed E-state index contributed by atoms with van der Waals surface area (Å²) in [5.74, 6) is 0. The summed E-state index contributed by atoms with van der Waals surface area (Å²) < 4.78 is 0. The van der Waals surface area contributed by atoms with E-state index in [1.54, 1.807) is 0 Å². The SMILES string of the molecule is [Fe].[H-].[H-].[Mg+2].[Mn].[Zn]. The largest absolute Gasteiger partial charge is 2.00 e. The van der Waals surface area contributed by atoms with Gasteiger partial charge in [-0.3, -0.25) is 0 Å². The Bertz CT molecular complexity index is 13.5. The van der Waals surface area contributed by atoms with Crippen molar-refractivity contribution in [2.75, 3.05) is 0 Å². The second-order valence-corrected chi connectivity index (χ2v) is 0. The van der Waals surface area contributed by atoms with Crippen LogP contribution < -0.4 is 0 Å². The molecule has 0 unspecified atom stereocenters. The molecular formula is H2FeMgMnZn. The van der Waals surface area contributed by atoms with Gasteiger partial charge < -0.3 is 2.85 Å². The first-order valence-electron chi connectivity index (χ1n) is 0. The first kappa shape index (κ1) is 32.1. The van der Waals surface area contributed by atoms with Gasteiger partial charge in [-0.05, 0) is 0 Å². The molecule has 4 heteroatoms. The average Bonchev–Trinajstić information content (AvgIpc) is 0. The van der Waals surface area contributed by atoms with Crippen LogP contribution in [0.5, 0.6) is 0 Å². The van der Waals surface area contributed by atoms with Crippen LogP contribution in [0.2, 0.25) is 0 Å². The molecule has 0 nitrogen and oxygen atoms in total. The van der Waals surface area contributed by atoms with Crippen LogP contribution in [-0.2, 0) is 53.6 Å². The third-order valence-corrected chi connectivity index (χ3v) is 0. The van der Waals surface area contributed by atoms with Gasteiger partial charge in [0.15, 0.2) is 0 Å².